The van der Waals surface area contributed by atoms with Crippen molar-refractivity contribution in [2.24, 2.45) is 0 Å². The van der Waals surface area contributed by atoms with Gasteiger partial charge in [0.1, 0.15) is 5.75 Å². The van der Waals surface area contributed by atoms with Gasteiger partial charge in [0.15, 0.2) is 6.61 Å². The summed E-state index contributed by atoms with van der Waals surface area (Å²) in [5, 5.41) is 10.6. The number of non-ortho nitro benzene ring substituents is 1. The molecule has 6 nitrogen and oxygen atoms in total. The minimum absolute atomic E-state index is 0.0887. The molecule has 8 heteroatoms. The molecular formula is C9H7Br2NO5. The van der Waals surface area contributed by atoms with Crippen LogP contribution in [0.15, 0.2) is 21.1 Å². The number of hydrogen-bond donors (Lipinski definition) is 0. The Morgan fingerprint density at radius 1 is 1.41 bits per heavy atom. The van der Waals surface area contributed by atoms with Crippen molar-refractivity contribution < 1.29 is 19.2 Å². The standard InChI is InChI=1S/C9H7Br2NO5/c1-16-8(13)4-17-9-6(10)2-5(12(14)15)3-7(9)11/h2-3H,4H2,1H3. The lowest BCUT2D eigenvalue weighted by Crippen LogP contribution is -2.13. The van der Waals surface area contributed by atoms with E-state index in [1.807, 2.05) is 0 Å². The Hall–Kier alpha value is -1.15. The van der Waals surface area contributed by atoms with E-state index in [1.54, 1.807) is 0 Å². The summed E-state index contributed by atoms with van der Waals surface area (Å²) in [7, 11) is 1.24. The Morgan fingerprint density at radius 3 is 2.35 bits per heavy atom. The van der Waals surface area contributed by atoms with Crippen LogP contribution in [-0.4, -0.2) is 24.6 Å². The minimum atomic E-state index is -0.540. The number of nitro groups is 1. The summed E-state index contributed by atoms with van der Waals surface area (Å²) in [6.45, 7) is -0.272. The molecule has 0 aliphatic heterocycles. The Balaban J connectivity index is 2.94. The Labute approximate surface area is 113 Å². The van der Waals surface area contributed by atoms with Crippen LogP contribution < -0.4 is 4.74 Å². The normalized spacial score (nSPS) is 9.82. The molecule has 92 valence electrons. The van der Waals surface area contributed by atoms with Gasteiger partial charge in [-0.25, -0.2) is 4.79 Å². The van der Waals surface area contributed by atoms with Crippen molar-refractivity contribution in [3.05, 3.63) is 31.2 Å². The van der Waals surface area contributed by atoms with Crippen LogP contribution in [0.2, 0.25) is 0 Å². The Bertz CT molecular complexity index is 440. The summed E-state index contributed by atoms with van der Waals surface area (Å²) < 4.78 is 10.3. The van der Waals surface area contributed by atoms with Gasteiger partial charge in [-0.2, -0.15) is 0 Å². The zero-order chi connectivity index (χ0) is 13.0. The fourth-order valence-electron chi connectivity index (χ4n) is 0.980. The van der Waals surface area contributed by atoms with Gasteiger partial charge in [-0.15, -0.1) is 0 Å². The molecule has 0 atom stereocenters. The van der Waals surface area contributed by atoms with Crippen LogP contribution in [0.25, 0.3) is 0 Å². The summed E-state index contributed by atoms with van der Waals surface area (Å²) in [6, 6.07) is 2.58. The number of nitro benzene ring substituents is 1. The highest BCUT2D eigenvalue weighted by Crippen LogP contribution is 2.37. The maximum Gasteiger partial charge on any atom is 0.343 e. The molecular weight excluding hydrogens is 362 g/mol. The maximum absolute atomic E-state index is 10.9. The molecule has 0 aliphatic carbocycles. The van der Waals surface area contributed by atoms with Crippen molar-refractivity contribution in [2.45, 2.75) is 0 Å². The van der Waals surface area contributed by atoms with Gasteiger partial charge in [-0.3, -0.25) is 10.1 Å². The third-order valence-electron chi connectivity index (χ3n) is 1.76. The lowest BCUT2D eigenvalue weighted by molar-refractivity contribution is -0.385. The van der Waals surface area contributed by atoms with Crippen molar-refractivity contribution in [1.82, 2.24) is 0 Å². The fourth-order valence-corrected chi connectivity index (χ4v) is 2.37. The molecule has 0 fully saturated rings. The number of methoxy groups -OCH3 is 1. The Morgan fingerprint density at radius 2 is 1.94 bits per heavy atom. The SMILES string of the molecule is COC(=O)COc1c(Br)cc([N+](=O)[O-])cc1Br. The molecule has 1 rings (SSSR count). The van der Waals surface area contributed by atoms with Crippen LogP contribution in [0.3, 0.4) is 0 Å². The smallest absolute Gasteiger partial charge is 0.343 e. The van der Waals surface area contributed by atoms with E-state index < -0.39 is 10.9 Å². The first-order valence-electron chi connectivity index (χ1n) is 4.28. The third kappa shape index (κ3) is 3.67. The van der Waals surface area contributed by atoms with E-state index in [4.69, 9.17) is 4.74 Å². The van der Waals surface area contributed by atoms with Crippen molar-refractivity contribution in [1.29, 1.82) is 0 Å². The van der Waals surface area contributed by atoms with Gasteiger partial charge in [0.05, 0.1) is 21.0 Å². The zero-order valence-corrected chi connectivity index (χ0v) is 11.8. The second-order valence-electron chi connectivity index (χ2n) is 2.86. The molecule has 0 aliphatic rings. The number of halogens is 2. The van der Waals surface area contributed by atoms with Crippen molar-refractivity contribution in [3.63, 3.8) is 0 Å². The molecule has 0 bridgehead atoms. The summed E-state index contributed by atoms with van der Waals surface area (Å²) >= 11 is 6.25. The van der Waals surface area contributed by atoms with Crippen molar-refractivity contribution in [2.75, 3.05) is 13.7 Å². The first kappa shape index (κ1) is 13.9. The van der Waals surface area contributed by atoms with Crippen LogP contribution in [0.5, 0.6) is 5.75 Å². The number of carbonyl (C=O) groups excluding carboxylic acids is 1. The molecule has 17 heavy (non-hydrogen) atoms. The van der Waals surface area contributed by atoms with Gasteiger partial charge in [-0.1, -0.05) is 0 Å². The number of benzene rings is 1. The molecule has 0 amide bonds. The first-order chi connectivity index (χ1) is 7.95. The molecule has 0 radical (unpaired) electrons. The van der Waals surface area contributed by atoms with Crippen LogP contribution in [0, 0.1) is 10.1 Å². The maximum atomic E-state index is 10.9. The second-order valence-corrected chi connectivity index (χ2v) is 4.57. The van der Waals surface area contributed by atoms with Crippen LogP contribution in [0.4, 0.5) is 5.69 Å². The van der Waals surface area contributed by atoms with Gasteiger partial charge >= 0.3 is 5.97 Å². The number of ether oxygens (including phenoxy) is 2. The number of carbonyl (C=O) groups is 1. The molecule has 0 heterocycles. The highest BCUT2D eigenvalue weighted by molar-refractivity contribution is 9.11. The van der Waals surface area contributed by atoms with Gasteiger partial charge in [-0.05, 0) is 31.9 Å². The second kappa shape index (κ2) is 5.97. The van der Waals surface area contributed by atoms with E-state index in [-0.39, 0.29) is 12.3 Å². The minimum Gasteiger partial charge on any atom is -0.480 e. The van der Waals surface area contributed by atoms with Crippen molar-refractivity contribution in [3.8, 4) is 5.75 Å². The summed E-state index contributed by atoms with van der Waals surface area (Å²) in [6.07, 6.45) is 0. The van der Waals surface area contributed by atoms with Crippen molar-refractivity contribution >= 4 is 43.5 Å². The topological polar surface area (TPSA) is 78.7 Å². The lowest BCUT2D eigenvalue weighted by Gasteiger charge is -2.08. The molecule has 0 saturated carbocycles. The summed E-state index contributed by atoms with van der Waals surface area (Å²) in [4.78, 5) is 20.9. The fraction of sp³-hybridized carbons (Fsp3) is 0.222. The molecule has 0 N–H and O–H groups in total. The Kier molecular flexibility index (Phi) is 4.88. The summed E-state index contributed by atoms with van der Waals surface area (Å²) in [5.74, 6) is -0.233. The van der Waals surface area contributed by atoms with Crippen LogP contribution >= 0.6 is 31.9 Å². The number of nitrogens with zero attached hydrogens (tertiary/aromatic N) is 1. The molecule has 0 spiro atoms. The third-order valence-corrected chi connectivity index (χ3v) is 2.93. The van der Waals surface area contributed by atoms with E-state index in [1.165, 1.54) is 19.2 Å². The lowest BCUT2D eigenvalue weighted by atomic mass is 10.3. The van der Waals surface area contributed by atoms with Crippen LogP contribution in [0.1, 0.15) is 0 Å². The van der Waals surface area contributed by atoms with Gasteiger partial charge in [0.2, 0.25) is 0 Å². The van der Waals surface area contributed by atoms with E-state index in [0.717, 1.165) is 0 Å². The largest absolute Gasteiger partial charge is 0.480 e. The van der Waals surface area contributed by atoms with E-state index in [0.29, 0.717) is 14.7 Å². The van der Waals surface area contributed by atoms with E-state index in [9.17, 15) is 14.9 Å². The monoisotopic (exact) mass is 367 g/mol. The number of hydrogen-bond acceptors (Lipinski definition) is 5. The molecule has 1 aromatic carbocycles. The number of esters is 1. The molecule has 0 unspecified atom stereocenters. The number of rotatable bonds is 4. The highest BCUT2D eigenvalue weighted by atomic mass is 79.9. The first-order valence-corrected chi connectivity index (χ1v) is 5.87. The van der Waals surface area contributed by atoms with Gasteiger partial charge in [0.25, 0.3) is 5.69 Å². The predicted molar refractivity (Wildman–Crippen MR) is 66.0 cm³/mol. The average molecular weight is 369 g/mol. The van der Waals surface area contributed by atoms with E-state index in [2.05, 4.69) is 36.6 Å². The highest BCUT2D eigenvalue weighted by Gasteiger charge is 2.16. The summed E-state index contributed by atoms with van der Waals surface area (Å²) in [5.41, 5.74) is -0.0887. The van der Waals surface area contributed by atoms with Crippen LogP contribution in [-0.2, 0) is 9.53 Å². The molecule has 1 aromatic rings. The molecule has 0 aromatic heterocycles. The quantitative estimate of drug-likeness (QED) is 0.463. The van der Waals surface area contributed by atoms with E-state index >= 15 is 0 Å². The predicted octanol–water partition coefficient (Wildman–Crippen LogP) is 2.67. The van der Waals surface area contributed by atoms with Gasteiger partial charge in [0, 0.05) is 12.1 Å². The van der Waals surface area contributed by atoms with Gasteiger partial charge < -0.3 is 9.47 Å². The molecule has 0 saturated heterocycles. The average Bonchev–Trinajstić information content (AvgIpc) is 2.27. The zero-order valence-electron chi connectivity index (χ0n) is 8.61.